The molecular weight excluding hydrogens is 338 g/mol. The summed E-state index contributed by atoms with van der Waals surface area (Å²) in [6.07, 6.45) is 0.215. The normalized spacial score (nSPS) is 15.8. The second-order valence-corrected chi connectivity index (χ2v) is 6.02. The number of aliphatic carboxylic acids is 2. The van der Waals surface area contributed by atoms with Crippen molar-refractivity contribution in [2.75, 3.05) is 5.75 Å². The third-order valence-electron chi connectivity index (χ3n) is 3.51. The Morgan fingerprint density at radius 2 is 1.71 bits per heavy atom. The maximum atomic E-state index is 12.0. The van der Waals surface area contributed by atoms with Gasteiger partial charge in [-0.2, -0.15) is 12.6 Å². The predicted molar refractivity (Wildman–Crippen MR) is 89.6 cm³/mol. The number of Topliss-reactive ketones (excluding diaryl/α,β-unsaturated/α-hetero) is 1. The van der Waals surface area contributed by atoms with Crippen LogP contribution in [0.15, 0.2) is 0 Å². The van der Waals surface area contributed by atoms with Gasteiger partial charge in [-0.1, -0.05) is 6.92 Å². The van der Waals surface area contributed by atoms with E-state index >= 15 is 0 Å². The van der Waals surface area contributed by atoms with Crippen LogP contribution in [0.5, 0.6) is 0 Å². The molecule has 2 unspecified atom stereocenters. The van der Waals surface area contributed by atoms with Crippen LogP contribution in [-0.4, -0.2) is 57.7 Å². The first-order valence-electron chi connectivity index (χ1n) is 7.49. The van der Waals surface area contributed by atoms with Gasteiger partial charge in [0.2, 0.25) is 5.91 Å². The number of nitrogens with one attached hydrogen (secondary N) is 1. The van der Waals surface area contributed by atoms with Gasteiger partial charge >= 0.3 is 11.9 Å². The minimum Gasteiger partial charge on any atom is -0.481 e. The van der Waals surface area contributed by atoms with Crippen LogP contribution in [0.1, 0.15) is 32.6 Å². The van der Waals surface area contributed by atoms with E-state index < -0.39 is 41.9 Å². The van der Waals surface area contributed by atoms with Crippen LogP contribution >= 0.6 is 12.6 Å². The van der Waals surface area contributed by atoms with E-state index in [9.17, 15) is 24.3 Å². The van der Waals surface area contributed by atoms with Crippen LogP contribution in [-0.2, 0) is 19.2 Å². The average Bonchev–Trinajstić information content (AvgIpc) is 2.50. The molecule has 0 rings (SSSR count). The molecule has 0 radical (unpaired) electrons. The van der Waals surface area contributed by atoms with Crippen molar-refractivity contribution >= 4 is 36.3 Å². The molecular formula is C14H25N3O6S. The molecule has 0 aromatic rings. The minimum absolute atomic E-state index is 0.0555. The largest absolute Gasteiger partial charge is 0.481 e. The Labute approximate surface area is 145 Å². The molecule has 0 heterocycles. The Balaban J connectivity index is 4.62. The first-order valence-corrected chi connectivity index (χ1v) is 8.13. The second-order valence-electron chi connectivity index (χ2n) is 5.65. The minimum atomic E-state index is -1.28. The molecule has 0 aliphatic carbocycles. The Bertz CT molecular complexity index is 473. The third-order valence-corrected chi connectivity index (χ3v) is 3.90. The molecule has 0 saturated heterocycles. The molecule has 7 N–H and O–H groups in total. The summed E-state index contributed by atoms with van der Waals surface area (Å²) in [5.74, 6) is -3.95. The van der Waals surface area contributed by atoms with Crippen molar-refractivity contribution in [2.24, 2.45) is 17.4 Å². The number of carboxylic acid groups (broad SMARTS) is 2. The van der Waals surface area contributed by atoms with E-state index in [-0.39, 0.29) is 37.2 Å². The lowest BCUT2D eigenvalue weighted by Gasteiger charge is -2.23. The molecule has 0 saturated carbocycles. The van der Waals surface area contributed by atoms with Gasteiger partial charge < -0.3 is 27.0 Å². The van der Waals surface area contributed by atoms with E-state index in [2.05, 4.69) is 17.9 Å². The topological polar surface area (TPSA) is 173 Å². The van der Waals surface area contributed by atoms with Gasteiger partial charge in [0.05, 0.1) is 12.1 Å². The molecule has 24 heavy (non-hydrogen) atoms. The first-order chi connectivity index (χ1) is 11.1. The summed E-state index contributed by atoms with van der Waals surface area (Å²) in [4.78, 5) is 45.5. The van der Waals surface area contributed by atoms with E-state index in [1.807, 2.05) is 0 Å². The van der Waals surface area contributed by atoms with Gasteiger partial charge in [0.1, 0.15) is 11.8 Å². The molecule has 0 bridgehead atoms. The number of nitrogens with two attached hydrogens (primary N) is 2. The Morgan fingerprint density at radius 1 is 1.12 bits per heavy atom. The number of carbonyl (C=O) groups is 4. The van der Waals surface area contributed by atoms with E-state index in [0.717, 1.165) is 0 Å². The number of carboxylic acids is 2. The summed E-state index contributed by atoms with van der Waals surface area (Å²) in [5, 5.41) is 20.1. The molecule has 0 aromatic heterocycles. The number of ketones is 1. The zero-order valence-electron chi connectivity index (χ0n) is 13.5. The quantitative estimate of drug-likeness (QED) is 0.239. The lowest BCUT2D eigenvalue weighted by molar-refractivity contribution is -0.143. The zero-order chi connectivity index (χ0) is 18.9. The average molecular weight is 363 g/mol. The van der Waals surface area contributed by atoms with Gasteiger partial charge in [-0.05, 0) is 18.8 Å². The van der Waals surface area contributed by atoms with E-state index in [0.29, 0.717) is 0 Å². The zero-order valence-corrected chi connectivity index (χ0v) is 14.4. The predicted octanol–water partition coefficient (Wildman–Crippen LogP) is -1.01. The monoisotopic (exact) mass is 363 g/mol. The Kier molecular flexibility index (Phi) is 10.2. The van der Waals surface area contributed by atoms with Crippen LogP contribution in [0.2, 0.25) is 0 Å². The van der Waals surface area contributed by atoms with Gasteiger partial charge in [-0.25, -0.2) is 4.79 Å². The molecule has 1 amide bonds. The fourth-order valence-corrected chi connectivity index (χ4v) is 2.18. The fraction of sp³-hybridized carbons (Fsp3) is 0.714. The van der Waals surface area contributed by atoms with Crippen molar-refractivity contribution < 1.29 is 29.4 Å². The van der Waals surface area contributed by atoms with E-state index in [1.54, 1.807) is 0 Å². The van der Waals surface area contributed by atoms with Crippen LogP contribution in [0.25, 0.3) is 0 Å². The number of rotatable bonds is 12. The number of thiol groups is 1. The smallest absolute Gasteiger partial charge is 0.326 e. The number of amides is 1. The Morgan fingerprint density at radius 3 is 2.17 bits per heavy atom. The van der Waals surface area contributed by atoms with Crippen LogP contribution in [0.3, 0.4) is 0 Å². The van der Waals surface area contributed by atoms with Crippen molar-refractivity contribution in [3.63, 3.8) is 0 Å². The van der Waals surface area contributed by atoms with Crippen LogP contribution < -0.4 is 16.8 Å². The molecule has 0 fully saturated rings. The second kappa shape index (κ2) is 11.0. The van der Waals surface area contributed by atoms with Crippen molar-refractivity contribution in [3.05, 3.63) is 0 Å². The molecule has 138 valence electrons. The van der Waals surface area contributed by atoms with Crippen molar-refractivity contribution in [1.82, 2.24) is 5.32 Å². The molecule has 0 aliphatic rings. The SMILES string of the molecule is CC(CC(=O)C(N)CCCC(=O)O)[C@@H](NC(=O)[C@@H](N)CS)C(=O)O. The van der Waals surface area contributed by atoms with Gasteiger partial charge in [0, 0.05) is 18.6 Å². The van der Waals surface area contributed by atoms with Crippen molar-refractivity contribution in [1.29, 1.82) is 0 Å². The lowest BCUT2D eigenvalue weighted by atomic mass is 9.92. The summed E-state index contributed by atoms with van der Waals surface area (Å²) >= 11 is 3.86. The number of hydrogen-bond donors (Lipinski definition) is 6. The molecule has 0 spiro atoms. The highest BCUT2D eigenvalue weighted by atomic mass is 32.1. The maximum absolute atomic E-state index is 12.0. The number of carbonyl (C=O) groups excluding carboxylic acids is 2. The molecule has 0 aromatic carbocycles. The van der Waals surface area contributed by atoms with Crippen LogP contribution in [0.4, 0.5) is 0 Å². The van der Waals surface area contributed by atoms with Crippen molar-refractivity contribution in [2.45, 2.75) is 50.7 Å². The molecule has 9 nitrogen and oxygen atoms in total. The van der Waals surface area contributed by atoms with Gasteiger partial charge in [-0.15, -0.1) is 0 Å². The summed E-state index contributed by atoms with van der Waals surface area (Å²) < 4.78 is 0. The summed E-state index contributed by atoms with van der Waals surface area (Å²) in [6, 6.07) is -3.09. The highest BCUT2D eigenvalue weighted by Crippen LogP contribution is 2.13. The van der Waals surface area contributed by atoms with Crippen molar-refractivity contribution in [3.8, 4) is 0 Å². The molecule has 10 heteroatoms. The highest BCUT2D eigenvalue weighted by molar-refractivity contribution is 7.80. The van der Waals surface area contributed by atoms with Crippen LogP contribution in [0, 0.1) is 5.92 Å². The van der Waals surface area contributed by atoms with Gasteiger partial charge in [-0.3, -0.25) is 14.4 Å². The van der Waals surface area contributed by atoms with E-state index in [1.165, 1.54) is 6.92 Å². The van der Waals surface area contributed by atoms with E-state index in [4.69, 9.17) is 16.6 Å². The number of hydrogen-bond acceptors (Lipinski definition) is 7. The molecule has 0 aliphatic heterocycles. The summed E-state index contributed by atoms with van der Waals surface area (Å²) in [7, 11) is 0. The lowest BCUT2D eigenvalue weighted by Crippen LogP contribution is -2.52. The van der Waals surface area contributed by atoms with Gasteiger partial charge in [0.15, 0.2) is 0 Å². The highest BCUT2D eigenvalue weighted by Gasteiger charge is 2.30. The summed E-state index contributed by atoms with van der Waals surface area (Å²) in [6.45, 7) is 1.51. The Hall–Kier alpha value is -1.65. The molecule has 4 atom stereocenters. The first kappa shape index (κ1) is 22.4. The maximum Gasteiger partial charge on any atom is 0.326 e. The summed E-state index contributed by atoms with van der Waals surface area (Å²) in [5.41, 5.74) is 11.2. The van der Waals surface area contributed by atoms with Gasteiger partial charge in [0.25, 0.3) is 0 Å². The standard InChI is InChI=1S/C14H25N3O6S/c1-7(5-10(18)8(15)3-2-4-11(19)20)12(14(22)23)17-13(21)9(16)6-24/h7-9,12,24H,2-6,15-16H2,1H3,(H,17,21)(H,19,20)(H,22,23)/t7?,8?,9-,12+/m0/s1. The third kappa shape index (κ3) is 8.27. The fourth-order valence-electron chi connectivity index (χ4n) is 2.01.